The van der Waals surface area contributed by atoms with Crippen LogP contribution in [0, 0.1) is 17.6 Å². The van der Waals surface area contributed by atoms with Gasteiger partial charge in [0, 0.05) is 7.05 Å². The number of carbonyl (C=O) groups is 2. The molecule has 0 fully saturated rings. The number of rotatable bonds is 6. The van der Waals surface area contributed by atoms with E-state index < -0.39 is 29.6 Å². The van der Waals surface area contributed by atoms with Gasteiger partial charge in [0.05, 0.1) is 18.6 Å². The van der Waals surface area contributed by atoms with E-state index in [1.807, 2.05) is 13.8 Å². The number of nitrogens with one attached hydrogen (secondary N) is 1. The molecule has 0 aliphatic carbocycles. The summed E-state index contributed by atoms with van der Waals surface area (Å²) in [4.78, 5) is 25.2. The molecule has 0 heterocycles. The van der Waals surface area contributed by atoms with Crippen molar-refractivity contribution in [2.24, 2.45) is 11.7 Å². The van der Waals surface area contributed by atoms with E-state index in [-0.39, 0.29) is 30.8 Å². The minimum absolute atomic E-state index is 0. The maximum atomic E-state index is 13.3. The topological polar surface area (TPSA) is 75.4 Å². The lowest BCUT2D eigenvalue weighted by Gasteiger charge is -2.26. The number of carbonyl (C=O) groups excluding carboxylic acids is 2. The van der Waals surface area contributed by atoms with Crippen molar-refractivity contribution in [3.05, 3.63) is 35.4 Å². The Kier molecular flexibility index (Phi) is 8.85. The van der Waals surface area contributed by atoms with Gasteiger partial charge in [0.25, 0.3) is 0 Å². The number of benzene rings is 1. The fourth-order valence-corrected chi connectivity index (χ4v) is 1.92. The van der Waals surface area contributed by atoms with E-state index in [1.54, 1.807) is 6.92 Å². The molecule has 1 rings (SSSR count). The molecule has 0 aliphatic heterocycles. The summed E-state index contributed by atoms with van der Waals surface area (Å²) in [6.07, 6.45) is 0. The predicted molar refractivity (Wildman–Crippen MR) is 90.6 cm³/mol. The van der Waals surface area contributed by atoms with Gasteiger partial charge in [-0.15, -0.1) is 12.4 Å². The van der Waals surface area contributed by atoms with E-state index in [0.717, 1.165) is 12.1 Å². The van der Waals surface area contributed by atoms with E-state index in [0.29, 0.717) is 5.56 Å². The molecule has 0 spiro atoms. The quantitative estimate of drug-likeness (QED) is 0.811. The molecule has 1 aromatic carbocycles. The molecule has 8 heteroatoms. The van der Waals surface area contributed by atoms with E-state index in [4.69, 9.17) is 5.73 Å². The second-order valence-corrected chi connectivity index (χ2v) is 5.84. The summed E-state index contributed by atoms with van der Waals surface area (Å²) in [5.74, 6) is -2.70. The van der Waals surface area contributed by atoms with Crippen LogP contribution in [0.3, 0.4) is 0 Å². The van der Waals surface area contributed by atoms with Crippen LogP contribution in [0.25, 0.3) is 0 Å². The van der Waals surface area contributed by atoms with Crippen LogP contribution in [0.1, 0.15) is 32.4 Å². The zero-order valence-corrected chi connectivity index (χ0v) is 15.0. The third kappa shape index (κ3) is 5.72. The van der Waals surface area contributed by atoms with Crippen LogP contribution in [0.4, 0.5) is 8.78 Å². The van der Waals surface area contributed by atoms with Crippen molar-refractivity contribution < 1.29 is 18.4 Å². The normalized spacial score (nSPS) is 13.0. The largest absolute Gasteiger partial charge is 0.346 e. The Morgan fingerprint density at radius 1 is 1.21 bits per heavy atom. The highest BCUT2D eigenvalue weighted by molar-refractivity contribution is 5.87. The SMILES string of the molecule is CC(C)[C@H](N)C(=O)NCC(=O)N(C)C(C)c1ccc(F)c(F)c1.Cl. The third-order valence-electron chi connectivity index (χ3n) is 3.84. The highest BCUT2D eigenvalue weighted by Crippen LogP contribution is 2.20. The van der Waals surface area contributed by atoms with Crippen LogP contribution >= 0.6 is 12.4 Å². The monoisotopic (exact) mass is 363 g/mol. The van der Waals surface area contributed by atoms with E-state index in [9.17, 15) is 18.4 Å². The highest BCUT2D eigenvalue weighted by Gasteiger charge is 2.21. The smallest absolute Gasteiger partial charge is 0.242 e. The minimum Gasteiger partial charge on any atom is -0.346 e. The number of hydrogen-bond acceptors (Lipinski definition) is 3. The minimum atomic E-state index is -0.966. The van der Waals surface area contributed by atoms with Crippen molar-refractivity contribution in [2.75, 3.05) is 13.6 Å². The summed E-state index contributed by atoms with van der Waals surface area (Å²) in [6.45, 7) is 5.10. The first-order valence-electron chi connectivity index (χ1n) is 7.39. The van der Waals surface area contributed by atoms with Gasteiger partial charge in [-0.05, 0) is 30.5 Å². The van der Waals surface area contributed by atoms with Crippen LogP contribution in [0.15, 0.2) is 18.2 Å². The van der Waals surface area contributed by atoms with Crippen molar-refractivity contribution in [3.63, 3.8) is 0 Å². The Hall–Kier alpha value is -1.73. The Labute approximate surface area is 147 Å². The molecule has 2 atom stereocenters. The average Bonchev–Trinajstić information content (AvgIpc) is 2.52. The Morgan fingerprint density at radius 2 is 1.79 bits per heavy atom. The molecule has 0 radical (unpaired) electrons. The first kappa shape index (κ1) is 22.3. The molecule has 0 bridgehead atoms. The molecule has 2 amide bonds. The van der Waals surface area contributed by atoms with Gasteiger partial charge in [0.15, 0.2) is 11.6 Å². The first-order chi connectivity index (χ1) is 10.6. The Morgan fingerprint density at radius 3 is 2.29 bits per heavy atom. The summed E-state index contributed by atoms with van der Waals surface area (Å²) in [6, 6.07) is 2.34. The van der Waals surface area contributed by atoms with Gasteiger partial charge in [-0.2, -0.15) is 0 Å². The van der Waals surface area contributed by atoms with Crippen LogP contribution in [-0.4, -0.2) is 36.3 Å². The van der Waals surface area contributed by atoms with E-state index in [1.165, 1.54) is 18.0 Å². The molecular weight excluding hydrogens is 340 g/mol. The molecule has 5 nitrogen and oxygen atoms in total. The third-order valence-corrected chi connectivity index (χ3v) is 3.84. The number of halogens is 3. The molecule has 136 valence electrons. The first-order valence-corrected chi connectivity index (χ1v) is 7.39. The van der Waals surface area contributed by atoms with Gasteiger partial charge >= 0.3 is 0 Å². The summed E-state index contributed by atoms with van der Waals surface area (Å²) in [7, 11) is 1.53. The summed E-state index contributed by atoms with van der Waals surface area (Å²) < 4.78 is 26.2. The standard InChI is InChI=1S/C16H23F2N3O2.ClH/c1-9(2)15(19)16(23)20-8-14(22)21(4)10(3)11-5-6-12(17)13(18)7-11;/h5-7,9-10,15H,8,19H2,1-4H3,(H,20,23);1H/t10?,15-;/m0./s1. The van der Waals surface area contributed by atoms with Crippen molar-refractivity contribution in [2.45, 2.75) is 32.9 Å². The Balaban J connectivity index is 0.00000529. The van der Waals surface area contributed by atoms with E-state index in [2.05, 4.69) is 5.32 Å². The van der Waals surface area contributed by atoms with Crippen LogP contribution in [0.2, 0.25) is 0 Å². The van der Waals surface area contributed by atoms with Gasteiger partial charge in [-0.1, -0.05) is 19.9 Å². The average molecular weight is 364 g/mol. The van der Waals surface area contributed by atoms with Gasteiger partial charge in [-0.25, -0.2) is 8.78 Å². The highest BCUT2D eigenvalue weighted by atomic mass is 35.5. The second kappa shape index (κ2) is 9.54. The fraction of sp³-hybridized carbons (Fsp3) is 0.500. The summed E-state index contributed by atoms with van der Waals surface area (Å²) in [5, 5.41) is 2.48. The maximum Gasteiger partial charge on any atom is 0.242 e. The van der Waals surface area contributed by atoms with Crippen molar-refractivity contribution >= 4 is 24.2 Å². The zero-order chi connectivity index (χ0) is 17.7. The second-order valence-electron chi connectivity index (χ2n) is 5.84. The fourth-order valence-electron chi connectivity index (χ4n) is 1.92. The van der Waals surface area contributed by atoms with Gasteiger partial charge in [-0.3, -0.25) is 9.59 Å². The van der Waals surface area contributed by atoms with E-state index >= 15 is 0 Å². The van der Waals surface area contributed by atoms with Crippen molar-refractivity contribution in [1.82, 2.24) is 10.2 Å². The maximum absolute atomic E-state index is 13.3. The van der Waals surface area contributed by atoms with Crippen LogP contribution < -0.4 is 11.1 Å². The lowest BCUT2D eigenvalue weighted by atomic mass is 10.1. The van der Waals surface area contributed by atoms with Gasteiger partial charge in [0.1, 0.15) is 0 Å². The molecule has 0 saturated heterocycles. The van der Waals surface area contributed by atoms with Gasteiger partial charge < -0.3 is 16.0 Å². The molecule has 1 unspecified atom stereocenters. The van der Waals surface area contributed by atoms with Crippen molar-refractivity contribution in [3.8, 4) is 0 Å². The predicted octanol–water partition coefficient (Wildman–Crippen LogP) is 2.01. The molecule has 24 heavy (non-hydrogen) atoms. The number of nitrogens with two attached hydrogens (primary N) is 1. The lowest BCUT2D eigenvalue weighted by Crippen LogP contribution is -2.47. The van der Waals surface area contributed by atoms with Gasteiger partial charge in [0.2, 0.25) is 11.8 Å². The summed E-state index contributed by atoms with van der Waals surface area (Å²) >= 11 is 0. The number of nitrogens with zero attached hydrogens (tertiary/aromatic N) is 1. The molecule has 0 aromatic heterocycles. The number of likely N-dealkylation sites (N-methyl/N-ethyl adjacent to an activating group) is 1. The molecule has 3 N–H and O–H groups in total. The molecule has 0 aliphatic rings. The molecular formula is C16H24ClF2N3O2. The van der Waals surface area contributed by atoms with Crippen molar-refractivity contribution in [1.29, 1.82) is 0 Å². The summed E-state index contributed by atoms with van der Waals surface area (Å²) in [5.41, 5.74) is 6.15. The molecule has 0 saturated carbocycles. The molecule has 1 aromatic rings. The van der Waals surface area contributed by atoms with Crippen LogP contribution in [-0.2, 0) is 9.59 Å². The van der Waals surface area contributed by atoms with Crippen LogP contribution in [0.5, 0.6) is 0 Å². The lowest BCUT2D eigenvalue weighted by molar-refractivity contribution is -0.133. The number of amides is 2. The Bertz CT molecular complexity index is 584. The number of hydrogen-bond donors (Lipinski definition) is 2. The zero-order valence-electron chi connectivity index (χ0n) is 14.2.